The van der Waals surface area contributed by atoms with Gasteiger partial charge in [0.05, 0.1) is 12.2 Å². The van der Waals surface area contributed by atoms with E-state index in [0.29, 0.717) is 0 Å². The topological polar surface area (TPSA) is 40.5 Å². The molecular formula is C14H26O2. The number of rotatable bonds is 2. The Kier molecular flexibility index (Phi) is 3.91. The summed E-state index contributed by atoms with van der Waals surface area (Å²) >= 11 is 0. The van der Waals surface area contributed by atoms with Gasteiger partial charge < -0.3 is 10.2 Å². The summed E-state index contributed by atoms with van der Waals surface area (Å²) in [5, 5.41) is 20.7. The lowest BCUT2D eigenvalue weighted by Gasteiger charge is -2.48. The maximum atomic E-state index is 10.9. The van der Waals surface area contributed by atoms with Gasteiger partial charge in [0.25, 0.3) is 0 Å². The Morgan fingerprint density at radius 3 is 1.62 bits per heavy atom. The molecule has 2 fully saturated rings. The normalized spacial score (nSPS) is 29.6. The van der Waals surface area contributed by atoms with Crippen LogP contribution in [0.15, 0.2) is 0 Å². The van der Waals surface area contributed by atoms with Crippen LogP contribution in [0.25, 0.3) is 0 Å². The van der Waals surface area contributed by atoms with E-state index in [2.05, 4.69) is 0 Å². The average Bonchev–Trinajstić information content (AvgIpc) is 2.56. The summed E-state index contributed by atoms with van der Waals surface area (Å²) in [6.45, 7) is 0.184. The number of aliphatic hydroxyl groups excluding tert-OH is 1. The van der Waals surface area contributed by atoms with Gasteiger partial charge in [0.2, 0.25) is 0 Å². The maximum absolute atomic E-state index is 10.9. The summed E-state index contributed by atoms with van der Waals surface area (Å²) in [7, 11) is 0. The van der Waals surface area contributed by atoms with Gasteiger partial charge in [0, 0.05) is 5.41 Å². The van der Waals surface area contributed by atoms with Gasteiger partial charge in [0.1, 0.15) is 0 Å². The molecular weight excluding hydrogens is 200 g/mol. The van der Waals surface area contributed by atoms with Crippen LogP contribution in [0.1, 0.15) is 70.6 Å². The first kappa shape index (κ1) is 12.4. The summed E-state index contributed by atoms with van der Waals surface area (Å²) in [5.74, 6) is 0. The van der Waals surface area contributed by atoms with Gasteiger partial charge in [-0.15, -0.1) is 0 Å². The Balaban J connectivity index is 2.16. The van der Waals surface area contributed by atoms with Gasteiger partial charge in [-0.1, -0.05) is 44.9 Å². The van der Waals surface area contributed by atoms with Crippen LogP contribution in [0, 0.1) is 5.41 Å². The lowest BCUT2D eigenvalue weighted by molar-refractivity contribution is -0.138. The van der Waals surface area contributed by atoms with E-state index in [9.17, 15) is 10.2 Å². The first-order chi connectivity index (χ1) is 7.72. The lowest BCUT2D eigenvalue weighted by atomic mass is 9.62. The van der Waals surface area contributed by atoms with Crippen LogP contribution in [0.4, 0.5) is 0 Å². The molecule has 2 heteroatoms. The second kappa shape index (κ2) is 5.05. The van der Waals surface area contributed by atoms with Crippen molar-refractivity contribution in [2.45, 2.75) is 76.2 Å². The highest BCUT2D eigenvalue weighted by Gasteiger charge is 2.49. The molecule has 0 amide bonds. The third-order valence-corrected chi connectivity index (χ3v) is 5.03. The molecule has 0 radical (unpaired) electrons. The smallest absolute Gasteiger partial charge is 0.0725 e. The van der Waals surface area contributed by atoms with E-state index in [1.165, 1.54) is 32.1 Å². The average molecular weight is 226 g/mol. The standard InChI is InChI=1S/C14H26O2/c15-12-13(8-4-1-2-5-9-13)14(16)10-6-3-7-11-14/h15-16H,1-12H2. The van der Waals surface area contributed by atoms with Crippen molar-refractivity contribution in [2.24, 2.45) is 5.41 Å². The fraction of sp³-hybridized carbons (Fsp3) is 1.00. The number of aliphatic hydroxyl groups is 2. The summed E-state index contributed by atoms with van der Waals surface area (Å²) in [6, 6.07) is 0. The molecule has 0 aliphatic heterocycles. The predicted octanol–water partition coefficient (Wildman–Crippen LogP) is 3.01. The largest absolute Gasteiger partial charge is 0.396 e. The monoisotopic (exact) mass is 226 g/mol. The summed E-state index contributed by atoms with van der Waals surface area (Å²) in [4.78, 5) is 0. The van der Waals surface area contributed by atoms with Crippen LogP contribution >= 0.6 is 0 Å². The third-order valence-electron chi connectivity index (χ3n) is 5.03. The van der Waals surface area contributed by atoms with Crippen molar-refractivity contribution in [3.05, 3.63) is 0 Å². The minimum absolute atomic E-state index is 0.177. The summed E-state index contributed by atoms with van der Waals surface area (Å²) < 4.78 is 0. The molecule has 0 heterocycles. The van der Waals surface area contributed by atoms with Gasteiger partial charge >= 0.3 is 0 Å². The van der Waals surface area contributed by atoms with Crippen LogP contribution in [0.5, 0.6) is 0 Å². The van der Waals surface area contributed by atoms with Crippen molar-refractivity contribution in [1.29, 1.82) is 0 Å². The van der Waals surface area contributed by atoms with E-state index in [1.807, 2.05) is 0 Å². The van der Waals surface area contributed by atoms with E-state index in [1.54, 1.807) is 0 Å². The zero-order chi connectivity index (χ0) is 11.5. The Hall–Kier alpha value is -0.0800. The zero-order valence-electron chi connectivity index (χ0n) is 10.4. The Morgan fingerprint density at radius 1 is 0.688 bits per heavy atom. The first-order valence-electron chi connectivity index (χ1n) is 7.06. The van der Waals surface area contributed by atoms with Crippen molar-refractivity contribution in [2.75, 3.05) is 6.61 Å². The van der Waals surface area contributed by atoms with Gasteiger partial charge in [0.15, 0.2) is 0 Å². The molecule has 0 saturated heterocycles. The molecule has 0 spiro atoms. The second-order valence-corrected chi connectivity index (χ2v) is 5.94. The molecule has 0 aromatic rings. The Morgan fingerprint density at radius 2 is 1.12 bits per heavy atom. The molecule has 2 N–H and O–H groups in total. The summed E-state index contributed by atoms with van der Waals surface area (Å²) in [6.07, 6.45) is 12.3. The van der Waals surface area contributed by atoms with Gasteiger partial charge in [-0.3, -0.25) is 0 Å². The van der Waals surface area contributed by atoms with Gasteiger partial charge in [-0.05, 0) is 25.7 Å². The number of hydrogen-bond acceptors (Lipinski definition) is 2. The molecule has 94 valence electrons. The Bertz CT molecular complexity index is 211. The van der Waals surface area contributed by atoms with E-state index < -0.39 is 5.60 Å². The van der Waals surface area contributed by atoms with Crippen molar-refractivity contribution in [3.63, 3.8) is 0 Å². The molecule has 0 aromatic heterocycles. The van der Waals surface area contributed by atoms with Crippen molar-refractivity contribution in [1.82, 2.24) is 0 Å². The highest BCUT2D eigenvalue weighted by molar-refractivity contribution is 5.00. The van der Waals surface area contributed by atoms with E-state index in [0.717, 1.165) is 38.5 Å². The van der Waals surface area contributed by atoms with Crippen LogP contribution < -0.4 is 0 Å². The fourth-order valence-corrected chi connectivity index (χ4v) is 3.84. The van der Waals surface area contributed by atoms with E-state index in [-0.39, 0.29) is 12.0 Å². The highest BCUT2D eigenvalue weighted by atomic mass is 16.3. The van der Waals surface area contributed by atoms with E-state index >= 15 is 0 Å². The molecule has 2 saturated carbocycles. The maximum Gasteiger partial charge on any atom is 0.0725 e. The van der Waals surface area contributed by atoms with Crippen LogP contribution in [-0.4, -0.2) is 22.4 Å². The van der Waals surface area contributed by atoms with Gasteiger partial charge in [-0.25, -0.2) is 0 Å². The quantitative estimate of drug-likeness (QED) is 0.711. The van der Waals surface area contributed by atoms with Crippen molar-refractivity contribution < 1.29 is 10.2 Å². The minimum atomic E-state index is -0.565. The molecule has 2 aliphatic rings. The first-order valence-corrected chi connectivity index (χ1v) is 7.06. The minimum Gasteiger partial charge on any atom is -0.396 e. The van der Waals surface area contributed by atoms with Crippen LogP contribution in [0.3, 0.4) is 0 Å². The van der Waals surface area contributed by atoms with Crippen molar-refractivity contribution >= 4 is 0 Å². The second-order valence-electron chi connectivity index (χ2n) is 5.94. The van der Waals surface area contributed by atoms with Crippen molar-refractivity contribution in [3.8, 4) is 0 Å². The van der Waals surface area contributed by atoms with E-state index in [4.69, 9.17) is 0 Å². The zero-order valence-corrected chi connectivity index (χ0v) is 10.4. The van der Waals surface area contributed by atoms with Crippen LogP contribution in [0.2, 0.25) is 0 Å². The molecule has 2 aliphatic carbocycles. The third kappa shape index (κ3) is 2.14. The van der Waals surface area contributed by atoms with Crippen LogP contribution in [-0.2, 0) is 0 Å². The highest BCUT2D eigenvalue weighted by Crippen LogP contribution is 2.49. The molecule has 0 atom stereocenters. The molecule has 16 heavy (non-hydrogen) atoms. The van der Waals surface area contributed by atoms with Gasteiger partial charge in [-0.2, -0.15) is 0 Å². The molecule has 0 aromatic carbocycles. The molecule has 2 nitrogen and oxygen atoms in total. The SMILES string of the molecule is OCC1(C2(O)CCCCC2)CCCCCC1. The molecule has 2 rings (SSSR count). The summed E-state index contributed by atoms with van der Waals surface area (Å²) in [5.41, 5.74) is -0.742. The molecule has 0 unspecified atom stereocenters. The molecule has 0 bridgehead atoms. The number of hydrogen-bond donors (Lipinski definition) is 2. The lowest BCUT2D eigenvalue weighted by Crippen LogP contribution is -2.51. The predicted molar refractivity (Wildman–Crippen MR) is 65.3 cm³/mol. The Labute approximate surface area is 99.1 Å². The fourth-order valence-electron chi connectivity index (χ4n) is 3.84.